The van der Waals surface area contributed by atoms with Crippen LogP contribution in [-0.4, -0.2) is 38.2 Å². The summed E-state index contributed by atoms with van der Waals surface area (Å²) < 4.78 is 14.2. The van der Waals surface area contributed by atoms with Crippen LogP contribution in [0, 0.1) is 5.41 Å². The number of hydrogen-bond donors (Lipinski definition) is 0. The Kier molecular flexibility index (Phi) is 2.78. The fourth-order valence-corrected chi connectivity index (χ4v) is 4.08. The second-order valence-corrected chi connectivity index (χ2v) is 7.92. The van der Waals surface area contributed by atoms with Gasteiger partial charge in [0.05, 0.1) is 23.8 Å². The second-order valence-electron chi connectivity index (χ2n) is 7.92. The lowest BCUT2D eigenvalue weighted by molar-refractivity contribution is 0.104. The van der Waals surface area contributed by atoms with Crippen molar-refractivity contribution < 1.29 is 4.48 Å². The Hall–Kier alpha value is -3.10. The van der Waals surface area contributed by atoms with E-state index in [1.54, 1.807) is 11.1 Å². The molecule has 8 nitrogen and oxygen atoms in total. The fourth-order valence-electron chi connectivity index (χ4n) is 4.08. The van der Waals surface area contributed by atoms with Crippen LogP contribution in [0.25, 0.3) is 0 Å². The summed E-state index contributed by atoms with van der Waals surface area (Å²) in [6, 6.07) is 8.00. The third-order valence-corrected chi connectivity index (χ3v) is 5.82. The molecule has 1 unspecified atom stereocenters. The molecule has 0 spiro atoms. The van der Waals surface area contributed by atoms with Crippen molar-refractivity contribution in [1.82, 2.24) is 25.2 Å². The number of nitrogens with zero attached hydrogens (tertiary/aromatic N) is 8. The Bertz CT molecular complexity index is 977. The maximum Gasteiger partial charge on any atom is 0.173 e. The topological polar surface area (TPSA) is 56.0 Å². The molecular formula is C18H19FN8. The minimum atomic E-state index is -0.247. The number of para-hydroxylation sites is 1. The van der Waals surface area contributed by atoms with E-state index in [-0.39, 0.29) is 12.8 Å². The van der Waals surface area contributed by atoms with E-state index in [1.165, 1.54) is 19.0 Å². The number of fused-ring (bicyclic) bond motifs is 6. The van der Waals surface area contributed by atoms with Crippen molar-refractivity contribution in [2.75, 3.05) is 16.7 Å². The van der Waals surface area contributed by atoms with Gasteiger partial charge >= 0.3 is 0 Å². The summed E-state index contributed by atoms with van der Waals surface area (Å²) in [7, 11) is 0. The molecule has 27 heavy (non-hydrogen) atoms. The van der Waals surface area contributed by atoms with E-state index in [2.05, 4.69) is 17.2 Å². The number of anilines is 1. The van der Waals surface area contributed by atoms with Crippen LogP contribution in [0.4, 0.5) is 10.2 Å². The number of hydrazine groups is 1. The maximum atomic E-state index is 14.2. The summed E-state index contributed by atoms with van der Waals surface area (Å²) >= 11 is 0. The molecule has 1 aliphatic carbocycles. The molecule has 138 valence electrons. The lowest BCUT2D eigenvalue weighted by Crippen LogP contribution is -2.52. The normalized spacial score (nSPS) is 24.1. The first-order valence-corrected chi connectivity index (χ1v) is 9.15. The molecule has 1 aromatic heterocycles. The molecule has 0 bridgehead atoms. The highest BCUT2D eigenvalue weighted by Gasteiger charge is 2.45. The monoisotopic (exact) mass is 366 g/mol. The van der Waals surface area contributed by atoms with E-state index < -0.39 is 0 Å². The molecule has 2 aromatic rings. The summed E-state index contributed by atoms with van der Waals surface area (Å²) in [5.41, 5.74) is 3.38. The molecule has 0 radical (unpaired) electrons. The summed E-state index contributed by atoms with van der Waals surface area (Å²) in [5.74, 6) is 0.734. The van der Waals surface area contributed by atoms with E-state index in [0.717, 1.165) is 29.2 Å². The summed E-state index contributed by atoms with van der Waals surface area (Å²) in [4.78, 5) is 8.43. The van der Waals surface area contributed by atoms with Gasteiger partial charge in [-0.05, 0) is 36.0 Å². The highest BCUT2D eigenvalue weighted by molar-refractivity contribution is 5.74. The average Bonchev–Trinajstić information content (AvgIpc) is 3.05. The Balaban J connectivity index is 1.44. The average molecular weight is 366 g/mol. The Labute approximate surface area is 155 Å². The molecule has 9 heteroatoms. The van der Waals surface area contributed by atoms with Gasteiger partial charge < -0.3 is 4.90 Å². The molecule has 1 aromatic carbocycles. The van der Waals surface area contributed by atoms with Gasteiger partial charge in [-0.1, -0.05) is 29.6 Å². The van der Waals surface area contributed by atoms with Crippen molar-refractivity contribution in [3.05, 3.63) is 53.7 Å². The molecule has 4 heterocycles. The molecule has 0 amide bonds. The lowest BCUT2D eigenvalue weighted by atomic mass is 10.0. The smallest absolute Gasteiger partial charge is 0.173 e. The molecule has 3 aliphatic heterocycles. The predicted octanol–water partition coefficient (Wildman–Crippen LogP) is 2.29. The zero-order valence-corrected chi connectivity index (χ0v) is 14.9. The largest absolute Gasteiger partial charge is 0.304 e. The molecule has 1 atom stereocenters. The van der Waals surface area contributed by atoms with Gasteiger partial charge in [0.25, 0.3) is 0 Å². The van der Waals surface area contributed by atoms with Crippen molar-refractivity contribution in [1.29, 1.82) is 0 Å². The molecule has 0 saturated heterocycles. The number of benzene rings is 1. The first kappa shape index (κ1) is 15.0. The van der Waals surface area contributed by atoms with Gasteiger partial charge in [-0.15, -0.1) is 9.89 Å². The minimum Gasteiger partial charge on any atom is -0.304 e. The zero-order chi connectivity index (χ0) is 18.2. The van der Waals surface area contributed by atoms with E-state index in [0.29, 0.717) is 10.5 Å². The third-order valence-electron chi connectivity index (χ3n) is 5.82. The molecule has 4 aliphatic rings. The molecule has 1 fully saturated rings. The van der Waals surface area contributed by atoms with Crippen molar-refractivity contribution in [2.24, 2.45) is 10.4 Å². The van der Waals surface area contributed by atoms with E-state index in [1.807, 2.05) is 45.5 Å². The van der Waals surface area contributed by atoms with Crippen LogP contribution in [-0.2, 0) is 6.42 Å². The number of aliphatic imine (C=N–C) groups is 1. The predicted molar refractivity (Wildman–Crippen MR) is 97.2 cm³/mol. The molecule has 6 rings (SSSR count). The van der Waals surface area contributed by atoms with Gasteiger partial charge in [-0.2, -0.15) is 10.2 Å². The van der Waals surface area contributed by atoms with E-state index in [4.69, 9.17) is 4.99 Å². The SMILES string of the molecule is CC1(Cc2cnnn2N2C=NC3c4ccccc4N4CN(F)C=C4N32)CC1. The quantitative estimate of drug-likeness (QED) is 0.777. The number of rotatable bonds is 3. The summed E-state index contributed by atoms with van der Waals surface area (Å²) in [5, 5.41) is 12.9. The van der Waals surface area contributed by atoms with Gasteiger partial charge in [0.1, 0.15) is 13.0 Å². The highest BCUT2D eigenvalue weighted by atomic mass is 19.2. The van der Waals surface area contributed by atoms with Crippen LogP contribution in [0.15, 0.2) is 47.5 Å². The number of halogens is 1. The zero-order valence-electron chi connectivity index (χ0n) is 14.9. The van der Waals surface area contributed by atoms with Crippen molar-refractivity contribution in [3.8, 4) is 0 Å². The second kappa shape index (κ2) is 4.99. The van der Waals surface area contributed by atoms with Crippen LogP contribution in [0.3, 0.4) is 0 Å². The van der Waals surface area contributed by atoms with Crippen LogP contribution in [0.5, 0.6) is 0 Å². The third kappa shape index (κ3) is 2.11. The summed E-state index contributed by atoms with van der Waals surface area (Å²) in [6.45, 7) is 2.44. The molecule has 0 N–H and O–H groups in total. The summed E-state index contributed by atoms with van der Waals surface area (Å²) in [6.07, 6.45) is 8.18. The van der Waals surface area contributed by atoms with Gasteiger partial charge in [0.15, 0.2) is 12.0 Å². The van der Waals surface area contributed by atoms with Crippen molar-refractivity contribution in [3.63, 3.8) is 0 Å². The lowest BCUT2D eigenvalue weighted by Gasteiger charge is -2.42. The number of hydrogen-bond acceptors (Lipinski definition) is 7. The van der Waals surface area contributed by atoms with Crippen molar-refractivity contribution >= 4 is 12.0 Å². The van der Waals surface area contributed by atoms with Crippen LogP contribution >= 0.6 is 0 Å². The number of aromatic nitrogens is 3. The maximum absolute atomic E-state index is 14.2. The van der Waals surface area contributed by atoms with Gasteiger partial charge in [0.2, 0.25) is 0 Å². The van der Waals surface area contributed by atoms with E-state index in [9.17, 15) is 4.48 Å². The molecule has 1 saturated carbocycles. The standard InChI is InChI=1S/C18H19FN8/c1-18(6-7-18)8-13-9-21-22-27(13)25-11-20-17-14-4-2-3-5-15(14)24-12-23(19)10-16(24)26(17)25/h2-5,9-11,17H,6-8,12H2,1H3. The minimum absolute atomic E-state index is 0.158. The van der Waals surface area contributed by atoms with Gasteiger partial charge in [0, 0.05) is 5.56 Å². The molecular weight excluding hydrogens is 347 g/mol. The first-order valence-electron chi connectivity index (χ1n) is 9.15. The van der Waals surface area contributed by atoms with Crippen LogP contribution < -0.4 is 10.0 Å². The van der Waals surface area contributed by atoms with Crippen LogP contribution in [0.1, 0.15) is 37.2 Å². The van der Waals surface area contributed by atoms with Gasteiger partial charge in [-0.3, -0.25) is 0 Å². The van der Waals surface area contributed by atoms with E-state index >= 15 is 0 Å². The fraction of sp³-hybridized carbons (Fsp3) is 0.389. The van der Waals surface area contributed by atoms with Gasteiger partial charge in [-0.25, -0.2) is 10.0 Å². The first-order chi connectivity index (χ1) is 13.1. The highest BCUT2D eigenvalue weighted by Crippen LogP contribution is 2.48. The van der Waals surface area contributed by atoms with Crippen molar-refractivity contribution in [2.45, 2.75) is 32.4 Å². The Morgan fingerprint density at radius 3 is 2.96 bits per heavy atom. The van der Waals surface area contributed by atoms with Crippen LogP contribution in [0.2, 0.25) is 0 Å². The Morgan fingerprint density at radius 1 is 1.26 bits per heavy atom. The Morgan fingerprint density at radius 2 is 2.11 bits per heavy atom.